The average molecular weight is 354 g/mol. The predicted molar refractivity (Wildman–Crippen MR) is 93.4 cm³/mol. The van der Waals surface area contributed by atoms with Crippen LogP contribution in [0.1, 0.15) is 38.3 Å². The molecule has 0 bridgehead atoms. The van der Waals surface area contributed by atoms with Crippen LogP contribution >= 0.6 is 15.9 Å². The number of rotatable bonds is 5. The van der Waals surface area contributed by atoms with E-state index in [1.807, 2.05) is 0 Å². The van der Waals surface area contributed by atoms with E-state index in [4.69, 9.17) is 5.73 Å². The molecule has 3 nitrogen and oxygen atoms in total. The van der Waals surface area contributed by atoms with Crippen LogP contribution in [0.5, 0.6) is 0 Å². The molecule has 0 spiro atoms. The van der Waals surface area contributed by atoms with Crippen LogP contribution in [0.3, 0.4) is 0 Å². The molecule has 1 aliphatic rings. The number of piperidine rings is 1. The van der Waals surface area contributed by atoms with Crippen LogP contribution in [0.15, 0.2) is 28.7 Å². The smallest absolute Gasteiger partial charge is 0.0496 e. The lowest BCUT2D eigenvalue weighted by Gasteiger charge is -2.41. The molecular weight excluding hydrogens is 326 g/mol. The Morgan fingerprint density at radius 3 is 2.57 bits per heavy atom. The number of nitrogens with zero attached hydrogens (tertiary/aromatic N) is 2. The van der Waals surface area contributed by atoms with Crippen LogP contribution in [0.4, 0.5) is 0 Å². The van der Waals surface area contributed by atoms with Crippen LogP contribution < -0.4 is 5.73 Å². The van der Waals surface area contributed by atoms with Gasteiger partial charge in [-0.3, -0.25) is 4.90 Å². The Labute approximate surface area is 137 Å². The Balaban J connectivity index is 2.11. The molecule has 1 aromatic carbocycles. The van der Waals surface area contributed by atoms with Gasteiger partial charge in [-0.1, -0.05) is 35.0 Å². The highest BCUT2D eigenvalue weighted by Crippen LogP contribution is 2.29. The number of halogens is 1. The summed E-state index contributed by atoms with van der Waals surface area (Å²) in [7, 11) is 2.24. The molecule has 0 amide bonds. The van der Waals surface area contributed by atoms with Crippen molar-refractivity contribution in [1.82, 2.24) is 9.80 Å². The molecule has 1 saturated heterocycles. The minimum atomic E-state index is 0.119. The molecular formula is C17H28BrN3. The van der Waals surface area contributed by atoms with Crippen molar-refractivity contribution in [1.29, 1.82) is 0 Å². The zero-order valence-electron chi connectivity index (χ0n) is 13.4. The van der Waals surface area contributed by atoms with Gasteiger partial charge >= 0.3 is 0 Å². The summed E-state index contributed by atoms with van der Waals surface area (Å²) in [5, 5.41) is 0. The summed E-state index contributed by atoms with van der Waals surface area (Å²) in [5.41, 5.74) is 7.62. The molecule has 2 rings (SSSR count). The first-order valence-electron chi connectivity index (χ1n) is 7.98. The SMILES string of the molecule is CCN1CCC(N(C)C(c2cccc(Br)c2)C(C)N)CC1. The van der Waals surface area contributed by atoms with Crippen LogP contribution in [0.25, 0.3) is 0 Å². The minimum absolute atomic E-state index is 0.119. The number of likely N-dealkylation sites (N-methyl/N-ethyl adjacent to an activating group) is 1. The topological polar surface area (TPSA) is 32.5 Å². The van der Waals surface area contributed by atoms with Crippen LogP contribution in [0.2, 0.25) is 0 Å². The van der Waals surface area contributed by atoms with Gasteiger partial charge in [0.2, 0.25) is 0 Å². The van der Waals surface area contributed by atoms with Gasteiger partial charge in [-0.2, -0.15) is 0 Å². The maximum absolute atomic E-state index is 6.31. The number of hydrogen-bond acceptors (Lipinski definition) is 3. The summed E-state index contributed by atoms with van der Waals surface area (Å²) < 4.78 is 1.12. The quantitative estimate of drug-likeness (QED) is 0.881. The van der Waals surface area contributed by atoms with Crippen molar-refractivity contribution in [3.63, 3.8) is 0 Å². The molecule has 1 heterocycles. The lowest BCUT2D eigenvalue weighted by Crippen LogP contribution is -2.48. The largest absolute Gasteiger partial charge is 0.326 e. The highest BCUT2D eigenvalue weighted by atomic mass is 79.9. The number of nitrogens with two attached hydrogens (primary N) is 1. The van der Waals surface area contributed by atoms with Crippen molar-refractivity contribution in [3.05, 3.63) is 34.3 Å². The highest BCUT2D eigenvalue weighted by molar-refractivity contribution is 9.10. The first kappa shape index (κ1) is 16.9. The monoisotopic (exact) mass is 353 g/mol. The second-order valence-corrected chi connectivity index (χ2v) is 7.11. The Morgan fingerprint density at radius 1 is 1.38 bits per heavy atom. The predicted octanol–water partition coefficient (Wildman–Crippen LogP) is 3.25. The summed E-state index contributed by atoms with van der Waals surface area (Å²) in [6.07, 6.45) is 2.48. The van der Waals surface area contributed by atoms with Gasteiger partial charge in [0, 0.05) is 22.6 Å². The Bertz CT molecular complexity index is 441. The second-order valence-electron chi connectivity index (χ2n) is 6.19. The van der Waals surface area contributed by atoms with Crippen LogP contribution in [-0.4, -0.2) is 48.6 Å². The van der Waals surface area contributed by atoms with E-state index in [9.17, 15) is 0 Å². The summed E-state index contributed by atoms with van der Waals surface area (Å²) in [6, 6.07) is 9.59. The Morgan fingerprint density at radius 2 is 2.05 bits per heavy atom. The molecule has 118 valence electrons. The summed E-state index contributed by atoms with van der Waals surface area (Å²) in [6.45, 7) is 7.93. The molecule has 2 N–H and O–H groups in total. The van der Waals surface area contributed by atoms with Gasteiger partial charge < -0.3 is 10.6 Å². The summed E-state index contributed by atoms with van der Waals surface area (Å²) in [4.78, 5) is 5.03. The van der Waals surface area contributed by atoms with Crippen LogP contribution in [0, 0.1) is 0 Å². The zero-order chi connectivity index (χ0) is 15.4. The second kappa shape index (κ2) is 7.73. The highest BCUT2D eigenvalue weighted by Gasteiger charge is 2.29. The van der Waals surface area contributed by atoms with Gasteiger partial charge in [0.05, 0.1) is 0 Å². The van der Waals surface area contributed by atoms with E-state index in [1.54, 1.807) is 0 Å². The van der Waals surface area contributed by atoms with E-state index in [0.29, 0.717) is 6.04 Å². The third-order valence-corrected chi connectivity index (χ3v) is 5.20. The third-order valence-electron chi connectivity index (χ3n) is 4.71. The molecule has 0 radical (unpaired) electrons. The molecule has 0 aliphatic carbocycles. The molecule has 1 aliphatic heterocycles. The third kappa shape index (κ3) is 4.28. The molecule has 2 atom stereocenters. The summed E-state index contributed by atoms with van der Waals surface area (Å²) >= 11 is 3.58. The molecule has 0 aromatic heterocycles. The molecule has 1 aromatic rings. The van der Waals surface area contributed by atoms with Crippen molar-refractivity contribution in [3.8, 4) is 0 Å². The van der Waals surface area contributed by atoms with E-state index in [-0.39, 0.29) is 12.1 Å². The normalized spacial score (nSPS) is 20.7. The van der Waals surface area contributed by atoms with Gasteiger partial charge in [-0.25, -0.2) is 0 Å². The molecule has 21 heavy (non-hydrogen) atoms. The van der Waals surface area contributed by atoms with Crippen molar-refractivity contribution in [2.45, 2.75) is 44.8 Å². The zero-order valence-corrected chi connectivity index (χ0v) is 15.0. The van der Waals surface area contributed by atoms with E-state index in [2.05, 4.69) is 70.9 Å². The fourth-order valence-electron chi connectivity index (χ4n) is 3.47. The van der Waals surface area contributed by atoms with Gasteiger partial charge in [-0.15, -0.1) is 0 Å². The van der Waals surface area contributed by atoms with Gasteiger partial charge in [0.25, 0.3) is 0 Å². The van der Waals surface area contributed by atoms with Gasteiger partial charge in [-0.05, 0) is 64.1 Å². The first-order valence-corrected chi connectivity index (χ1v) is 8.77. The standard InChI is InChI=1S/C17H28BrN3/c1-4-21-10-8-16(9-11-21)20(3)17(13(2)19)14-6-5-7-15(18)12-14/h5-7,12-13,16-17H,4,8-11,19H2,1-3H3. The molecule has 2 unspecified atom stereocenters. The van der Waals surface area contributed by atoms with Gasteiger partial charge in [0.1, 0.15) is 0 Å². The average Bonchev–Trinajstić information content (AvgIpc) is 2.47. The van der Waals surface area contributed by atoms with Crippen molar-refractivity contribution in [2.75, 3.05) is 26.7 Å². The summed E-state index contributed by atoms with van der Waals surface area (Å²) in [5.74, 6) is 0. The van der Waals surface area contributed by atoms with Gasteiger partial charge in [0.15, 0.2) is 0 Å². The fourth-order valence-corrected chi connectivity index (χ4v) is 3.89. The van der Waals surface area contributed by atoms with Crippen LogP contribution in [-0.2, 0) is 0 Å². The Hall–Kier alpha value is -0.420. The Kier molecular flexibility index (Phi) is 6.23. The van der Waals surface area contributed by atoms with E-state index in [0.717, 1.165) is 4.47 Å². The molecule has 1 fully saturated rings. The lowest BCUT2D eigenvalue weighted by molar-refractivity contribution is 0.0896. The molecule has 0 saturated carbocycles. The van der Waals surface area contributed by atoms with E-state index >= 15 is 0 Å². The lowest BCUT2D eigenvalue weighted by atomic mass is 9.95. The van der Waals surface area contributed by atoms with E-state index in [1.165, 1.54) is 38.0 Å². The van der Waals surface area contributed by atoms with Crippen molar-refractivity contribution < 1.29 is 0 Å². The first-order chi connectivity index (χ1) is 10.0. The minimum Gasteiger partial charge on any atom is -0.326 e. The van der Waals surface area contributed by atoms with Crippen molar-refractivity contribution >= 4 is 15.9 Å². The molecule has 4 heteroatoms. The van der Waals surface area contributed by atoms with E-state index < -0.39 is 0 Å². The maximum Gasteiger partial charge on any atom is 0.0496 e. The maximum atomic E-state index is 6.31. The van der Waals surface area contributed by atoms with Crippen molar-refractivity contribution in [2.24, 2.45) is 5.73 Å². The number of likely N-dealkylation sites (tertiary alicyclic amines) is 1. The number of hydrogen-bond donors (Lipinski definition) is 1. The number of benzene rings is 1. The fraction of sp³-hybridized carbons (Fsp3) is 0.647.